The van der Waals surface area contributed by atoms with Crippen LogP contribution in [0.4, 0.5) is 10.1 Å². The van der Waals surface area contributed by atoms with E-state index in [1.807, 2.05) is 45.0 Å². The number of nitrogens with zero attached hydrogens (tertiary/aromatic N) is 3. The van der Waals surface area contributed by atoms with Crippen molar-refractivity contribution < 1.29 is 9.18 Å². The zero-order valence-electron chi connectivity index (χ0n) is 16.5. The van der Waals surface area contributed by atoms with Crippen LogP contribution in [0.3, 0.4) is 0 Å². The predicted octanol–water partition coefficient (Wildman–Crippen LogP) is 4.80. The molecule has 4 aromatic rings. The molecule has 1 amide bonds. The van der Waals surface area contributed by atoms with Gasteiger partial charge in [0, 0.05) is 17.3 Å². The van der Waals surface area contributed by atoms with Crippen LogP contribution in [-0.4, -0.2) is 20.7 Å². The number of rotatable bonds is 4. The minimum absolute atomic E-state index is 0.0531. The van der Waals surface area contributed by atoms with Gasteiger partial charge >= 0.3 is 0 Å². The molecule has 0 atom stereocenters. The molecule has 2 aromatic heterocycles. The Balaban J connectivity index is 1.66. The van der Waals surface area contributed by atoms with E-state index in [1.54, 1.807) is 23.0 Å². The maximum atomic E-state index is 13.3. The standard InChI is InChI=1S/C23H21FN4O/c1-14-4-9-20(15(2)12-14)26-21(29)13-28-23-22(16(3)27-28)19(10-11-25-23)17-5-7-18(24)8-6-17/h4-12H,13H2,1-3H3,(H,26,29). The second kappa shape index (κ2) is 7.47. The summed E-state index contributed by atoms with van der Waals surface area (Å²) in [5.74, 6) is -0.454. The number of aromatic nitrogens is 3. The summed E-state index contributed by atoms with van der Waals surface area (Å²) in [7, 11) is 0. The number of hydrogen-bond donors (Lipinski definition) is 1. The Morgan fingerprint density at radius 1 is 1.07 bits per heavy atom. The first-order valence-electron chi connectivity index (χ1n) is 9.37. The van der Waals surface area contributed by atoms with E-state index in [0.29, 0.717) is 5.65 Å². The van der Waals surface area contributed by atoms with Crippen molar-refractivity contribution in [2.75, 3.05) is 5.32 Å². The molecule has 4 rings (SSSR count). The van der Waals surface area contributed by atoms with E-state index < -0.39 is 0 Å². The highest BCUT2D eigenvalue weighted by atomic mass is 19.1. The van der Waals surface area contributed by atoms with Gasteiger partial charge < -0.3 is 5.32 Å². The zero-order valence-corrected chi connectivity index (χ0v) is 16.5. The first-order valence-corrected chi connectivity index (χ1v) is 9.37. The van der Waals surface area contributed by atoms with Crippen LogP contribution in [0, 0.1) is 26.6 Å². The molecule has 0 unspecified atom stereocenters. The third-order valence-electron chi connectivity index (χ3n) is 4.91. The fourth-order valence-corrected chi connectivity index (χ4v) is 3.54. The van der Waals surface area contributed by atoms with Crippen molar-refractivity contribution >= 4 is 22.6 Å². The van der Waals surface area contributed by atoms with Gasteiger partial charge in [-0.3, -0.25) is 4.79 Å². The molecule has 29 heavy (non-hydrogen) atoms. The van der Waals surface area contributed by atoms with Crippen LogP contribution >= 0.6 is 0 Å². The maximum absolute atomic E-state index is 13.3. The number of pyridine rings is 1. The quantitative estimate of drug-likeness (QED) is 0.546. The number of benzene rings is 2. The van der Waals surface area contributed by atoms with Crippen molar-refractivity contribution in [1.29, 1.82) is 0 Å². The van der Waals surface area contributed by atoms with E-state index in [1.165, 1.54) is 12.1 Å². The van der Waals surface area contributed by atoms with E-state index in [4.69, 9.17) is 0 Å². The van der Waals surface area contributed by atoms with Crippen molar-refractivity contribution in [3.63, 3.8) is 0 Å². The maximum Gasteiger partial charge on any atom is 0.246 e. The highest BCUT2D eigenvalue weighted by Gasteiger charge is 2.16. The van der Waals surface area contributed by atoms with Crippen molar-refractivity contribution in [3.05, 3.63) is 77.4 Å². The predicted molar refractivity (Wildman–Crippen MR) is 112 cm³/mol. The van der Waals surface area contributed by atoms with Gasteiger partial charge in [0.05, 0.1) is 5.69 Å². The molecule has 0 spiro atoms. The van der Waals surface area contributed by atoms with Gasteiger partial charge in [-0.15, -0.1) is 0 Å². The first kappa shape index (κ1) is 18.8. The van der Waals surface area contributed by atoms with E-state index in [9.17, 15) is 9.18 Å². The summed E-state index contributed by atoms with van der Waals surface area (Å²) >= 11 is 0. The number of hydrogen-bond acceptors (Lipinski definition) is 3. The Kier molecular flexibility index (Phi) is 4.84. The summed E-state index contributed by atoms with van der Waals surface area (Å²) in [5, 5.41) is 8.33. The fraction of sp³-hybridized carbons (Fsp3) is 0.174. The van der Waals surface area contributed by atoms with Gasteiger partial charge in [-0.2, -0.15) is 5.10 Å². The molecular formula is C23H21FN4O. The second-order valence-electron chi connectivity index (χ2n) is 7.17. The van der Waals surface area contributed by atoms with Crippen LogP contribution in [0.5, 0.6) is 0 Å². The lowest BCUT2D eigenvalue weighted by Gasteiger charge is -2.10. The molecular weight excluding hydrogens is 367 g/mol. The molecule has 0 aliphatic rings. The SMILES string of the molecule is Cc1ccc(NC(=O)Cn2nc(C)c3c(-c4ccc(F)cc4)ccnc32)c(C)c1. The molecule has 1 N–H and O–H groups in total. The van der Waals surface area contributed by atoms with Crippen LogP contribution < -0.4 is 5.32 Å². The lowest BCUT2D eigenvalue weighted by Crippen LogP contribution is -2.20. The molecule has 0 saturated heterocycles. The first-order chi connectivity index (χ1) is 13.9. The van der Waals surface area contributed by atoms with Crippen molar-refractivity contribution in [2.24, 2.45) is 0 Å². The van der Waals surface area contributed by atoms with Crippen molar-refractivity contribution in [1.82, 2.24) is 14.8 Å². The van der Waals surface area contributed by atoms with Crippen LogP contribution in [0.2, 0.25) is 0 Å². The second-order valence-corrected chi connectivity index (χ2v) is 7.17. The normalized spacial score (nSPS) is 11.0. The molecule has 0 aliphatic heterocycles. The van der Waals surface area contributed by atoms with Gasteiger partial charge in [0.1, 0.15) is 12.4 Å². The summed E-state index contributed by atoms with van der Waals surface area (Å²) in [6.45, 7) is 5.92. The summed E-state index contributed by atoms with van der Waals surface area (Å²) in [5.41, 5.74) is 6.12. The summed E-state index contributed by atoms with van der Waals surface area (Å²) in [6, 6.07) is 14.1. The Morgan fingerprint density at radius 3 is 2.55 bits per heavy atom. The van der Waals surface area contributed by atoms with E-state index in [0.717, 1.165) is 39.0 Å². The average Bonchev–Trinajstić information content (AvgIpc) is 3.00. The Bertz CT molecular complexity index is 1210. The third-order valence-corrected chi connectivity index (χ3v) is 4.91. The van der Waals surface area contributed by atoms with E-state index in [2.05, 4.69) is 15.4 Å². The molecule has 146 valence electrons. The van der Waals surface area contributed by atoms with Crippen LogP contribution in [0.1, 0.15) is 16.8 Å². The molecule has 0 fully saturated rings. The van der Waals surface area contributed by atoms with Crippen LogP contribution in [0.15, 0.2) is 54.7 Å². The smallest absolute Gasteiger partial charge is 0.246 e. The molecule has 2 heterocycles. The lowest BCUT2D eigenvalue weighted by molar-refractivity contribution is -0.116. The fourth-order valence-electron chi connectivity index (χ4n) is 3.54. The van der Waals surface area contributed by atoms with Crippen molar-refractivity contribution in [2.45, 2.75) is 27.3 Å². The number of halogens is 1. The largest absolute Gasteiger partial charge is 0.324 e. The topological polar surface area (TPSA) is 59.8 Å². The molecule has 0 bridgehead atoms. The molecule has 2 aromatic carbocycles. The Labute approximate surface area is 168 Å². The highest BCUT2D eigenvalue weighted by molar-refractivity contribution is 5.96. The molecule has 0 aliphatic carbocycles. The lowest BCUT2D eigenvalue weighted by atomic mass is 10.0. The molecule has 6 heteroatoms. The summed E-state index contributed by atoms with van der Waals surface area (Å²) < 4.78 is 14.9. The Hall–Kier alpha value is -3.54. The van der Waals surface area contributed by atoms with Gasteiger partial charge in [-0.25, -0.2) is 14.1 Å². The third kappa shape index (κ3) is 3.74. The van der Waals surface area contributed by atoms with Crippen LogP contribution in [-0.2, 0) is 11.3 Å². The minimum atomic E-state index is -0.283. The van der Waals surface area contributed by atoms with Gasteiger partial charge in [-0.05, 0) is 61.7 Å². The van der Waals surface area contributed by atoms with E-state index >= 15 is 0 Å². The monoisotopic (exact) mass is 388 g/mol. The van der Waals surface area contributed by atoms with Gasteiger partial charge in [0.25, 0.3) is 0 Å². The van der Waals surface area contributed by atoms with Crippen molar-refractivity contribution in [3.8, 4) is 11.1 Å². The number of anilines is 1. The van der Waals surface area contributed by atoms with Gasteiger partial charge in [0.2, 0.25) is 5.91 Å². The van der Waals surface area contributed by atoms with Gasteiger partial charge in [-0.1, -0.05) is 29.8 Å². The minimum Gasteiger partial charge on any atom is -0.324 e. The van der Waals surface area contributed by atoms with E-state index in [-0.39, 0.29) is 18.3 Å². The summed E-state index contributed by atoms with van der Waals surface area (Å²) in [4.78, 5) is 17.1. The molecule has 0 saturated carbocycles. The van der Waals surface area contributed by atoms with Crippen LogP contribution in [0.25, 0.3) is 22.2 Å². The number of aryl methyl sites for hydroxylation is 3. The Morgan fingerprint density at radius 2 is 1.83 bits per heavy atom. The number of fused-ring (bicyclic) bond motifs is 1. The zero-order chi connectivity index (χ0) is 20.5. The highest BCUT2D eigenvalue weighted by Crippen LogP contribution is 2.30. The number of amides is 1. The number of carbonyl (C=O) groups excluding carboxylic acids is 1. The summed E-state index contributed by atoms with van der Waals surface area (Å²) in [6.07, 6.45) is 1.68. The molecule has 0 radical (unpaired) electrons. The number of nitrogens with one attached hydrogen (secondary N) is 1. The average molecular weight is 388 g/mol. The molecule has 5 nitrogen and oxygen atoms in total. The number of carbonyl (C=O) groups is 1. The van der Waals surface area contributed by atoms with Gasteiger partial charge in [0.15, 0.2) is 5.65 Å².